The van der Waals surface area contributed by atoms with Crippen molar-refractivity contribution in [1.82, 2.24) is 0 Å². The van der Waals surface area contributed by atoms with Gasteiger partial charge in [-0.3, -0.25) is 0 Å². The van der Waals surface area contributed by atoms with Crippen LogP contribution in [0.15, 0.2) is 6.07 Å². The van der Waals surface area contributed by atoms with Crippen molar-refractivity contribution in [2.75, 3.05) is 11.5 Å². The zero-order chi connectivity index (χ0) is 8.59. The maximum absolute atomic E-state index is 5.66. The van der Waals surface area contributed by atoms with E-state index in [2.05, 4.69) is 0 Å². The normalized spacial score (nSPS) is 10.1. The Hall–Kier alpha value is -0.310. The van der Waals surface area contributed by atoms with Crippen LogP contribution in [0.4, 0.5) is 11.4 Å². The van der Waals surface area contributed by atoms with Crippen molar-refractivity contribution >= 4 is 46.2 Å². The maximum atomic E-state index is 5.66. The summed E-state index contributed by atoms with van der Waals surface area (Å²) in [6.45, 7) is 0. The summed E-state index contributed by atoms with van der Waals surface area (Å²) in [5.41, 5.74) is 11.4. The van der Waals surface area contributed by atoms with Gasteiger partial charge in [0.25, 0.3) is 0 Å². The fourth-order valence-electron chi connectivity index (χ4n) is 0.644. The predicted molar refractivity (Wildman–Crippen MR) is 50.3 cm³/mol. The molecule has 1 rings (SSSR count). The molecule has 0 aliphatic heterocycles. The van der Waals surface area contributed by atoms with Crippen LogP contribution < -0.4 is 11.5 Å². The van der Waals surface area contributed by atoms with Crippen LogP contribution >= 0.6 is 34.8 Å². The molecule has 1 aromatic carbocycles. The molecule has 0 spiro atoms. The van der Waals surface area contributed by atoms with Crippen LogP contribution in [0.5, 0.6) is 0 Å². The third-order valence-electron chi connectivity index (χ3n) is 1.22. The standard InChI is InChI=1S/C6H5Cl3N2/c7-2-1-3(10)5(9)6(11)4(2)8/h1H,10-11H2. The summed E-state index contributed by atoms with van der Waals surface area (Å²) < 4.78 is 0. The number of nitrogen functional groups attached to an aromatic ring is 2. The molecule has 11 heavy (non-hydrogen) atoms. The Morgan fingerprint density at radius 1 is 1.00 bits per heavy atom. The van der Waals surface area contributed by atoms with E-state index in [4.69, 9.17) is 46.3 Å². The SMILES string of the molecule is Nc1cc(Cl)c(Cl)c(N)c1Cl. The number of hydrogen-bond donors (Lipinski definition) is 2. The van der Waals surface area contributed by atoms with E-state index < -0.39 is 0 Å². The van der Waals surface area contributed by atoms with E-state index in [-0.39, 0.29) is 15.7 Å². The molecule has 0 saturated heterocycles. The van der Waals surface area contributed by atoms with E-state index in [1.807, 2.05) is 0 Å². The molecule has 0 unspecified atom stereocenters. The topological polar surface area (TPSA) is 52.0 Å². The highest BCUT2D eigenvalue weighted by atomic mass is 35.5. The van der Waals surface area contributed by atoms with Crippen molar-refractivity contribution < 1.29 is 0 Å². The summed E-state index contributed by atoms with van der Waals surface area (Å²) in [6.07, 6.45) is 0. The lowest BCUT2D eigenvalue weighted by Crippen LogP contribution is -1.94. The molecule has 0 amide bonds. The lowest BCUT2D eigenvalue weighted by Gasteiger charge is -2.05. The summed E-state index contributed by atoms with van der Waals surface area (Å²) in [4.78, 5) is 0. The van der Waals surface area contributed by atoms with Crippen LogP contribution in [-0.2, 0) is 0 Å². The summed E-state index contributed by atoms with van der Waals surface area (Å²) in [5, 5.41) is 0.802. The van der Waals surface area contributed by atoms with Gasteiger partial charge in [-0.25, -0.2) is 0 Å². The Morgan fingerprint density at radius 3 is 2.09 bits per heavy atom. The van der Waals surface area contributed by atoms with Crippen molar-refractivity contribution in [2.45, 2.75) is 0 Å². The first-order valence-corrected chi connectivity index (χ1v) is 3.86. The van der Waals surface area contributed by atoms with Crippen LogP contribution in [0.2, 0.25) is 15.1 Å². The fourth-order valence-corrected chi connectivity index (χ4v) is 1.21. The molecule has 0 aliphatic rings. The maximum Gasteiger partial charge on any atom is 0.0880 e. The van der Waals surface area contributed by atoms with E-state index in [0.717, 1.165) is 0 Å². The van der Waals surface area contributed by atoms with Gasteiger partial charge in [0.15, 0.2) is 0 Å². The zero-order valence-electron chi connectivity index (χ0n) is 5.37. The second-order valence-electron chi connectivity index (χ2n) is 1.99. The van der Waals surface area contributed by atoms with Crippen molar-refractivity contribution in [3.05, 3.63) is 21.1 Å². The number of benzene rings is 1. The smallest absolute Gasteiger partial charge is 0.0880 e. The van der Waals surface area contributed by atoms with Gasteiger partial charge in [0.2, 0.25) is 0 Å². The molecule has 5 heteroatoms. The summed E-state index contributed by atoms with van der Waals surface area (Å²) >= 11 is 17.0. The highest BCUT2D eigenvalue weighted by Crippen LogP contribution is 2.37. The van der Waals surface area contributed by atoms with Crippen LogP contribution in [0.25, 0.3) is 0 Å². The molecular formula is C6H5Cl3N2. The molecule has 0 heterocycles. The Morgan fingerprint density at radius 2 is 1.55 bits per heavy atom. The second kappa shape index (κ2) is 2.97. The van der Waals surface area contributed by atoms with E-state index in [0.29, 0.717) is 10.7 Å². The van der Waals surface area contributed by atoms with Crippen LogP contribution in [0.3, 0.4) is 0 Å². The number of anilines is 2. The minimum absolute atomic E-state index is 0.221. The average molecular weight is 211 g/mol. The van der Waals surface area contributed by atoms with Gasteiger partial charge in [0.05, 0.1) is 26.4 Å². The Bertz CT molecular complexity index is 272. The van der Waals surface area contributed by atoms with E-state index in [1.165, 1.54) is 6.07 Å². The molecule has 0 radical (unpaired) electrons. The van der Waals surface area contributed by atoms with Crippen molar-refractivity contribution in [3.63, 3.8) is 0 Å². The Labute approximate surface area is 79.0 Å². The average Bonchev–Trinajstić information content (AvgIpc) is 1.97. The second-order valence-corrected chi connectivity index (χ2v) is 3.15. The molecule has 0 bridgehead atoms. The first kappa shape index (κ1) is 8.78. The first-order chi connectivity index (χ1) is 5.04. The molecular weight excluding hydrogens is 206 g/mol. The van der Waals surface area contributed by atoms with Gasteiger partial charge < -0.3 is 11.5 Å². The number of rotatable bonds is 0. The third-order valence-corrected chi connectivity index (χ3v) is 2.44. The zero-order valence-corrected chi connectivity index (χ0v) is 7.63. The van der Waals surface area contributed by atoms with Crippen molar-refractivity contribution in [1.29, 1.82) is 0 Å². The van der Waals surface area contributed by atoms with Gasteiger partial charge in [-0.05, 0) is 6.07 Å². The summed E-state index contributed by atoms with van der Waals surface area (Å²) in [7, 11) is 0. The molecule has 60 valence electrons. The van der Waals surface area contributed by atoms with Gasteiger partial charge in [0, 0.05) is 0 Å². The first-order valence-electron chi connectivity index (χ1n) is 2.72. The monoisotopic (exact) mass is 210 g/mol. The van der Waals surface area contributed by atoms with E-state index in [9.17, 15) is 0 Å². The van der Waals surface area contributed by atoms with Crippen molar-refractivity contribution in [3.8, 4) is 0 Å². The predicted octanol–water partition coefficient (Wildman–Crippen LogP) is 2.81. The molecule has 0 aliphatic carbocycles. The lowest BCUT2D eigenvalue weighted by molar-refractivity contribution is 1.66. The van der Waals surface area contributed by atoms with Gasteiger partial charge in [0.1, 0.15) is 0 Å². The number of hydrogen-bond acceptors (Lipinski definition) is 2. The lowest BCUT2D eigenvalue weighted by atomic mass is 10.3. The Kier molecular flexibility index (Phi) is 2.37. The quantitative estimate of drug-likeness (QED) is 0.512. The van der Waals surface area contributed by atoms with Crippen LogP contribution in [0, 0.1) is 0 Å². The molecule has 0 aromatic heterocycles. The minimum atomic E-state index is 0.221. The van der Waals surface area contributed by atoms with Gasteiger partial charge in [-0.15, -0.1) is 0 Å². The van der Waals surface area contributed by atoms with Gasteiger partial charge in [-0.2, -0.15) is 0 Å². The van der Waals surface area contributed by atoms with Crippen LogP contribution in [0.1, 0.15) is 0 Å². The third kappa shape index (κ3) is 1.48. The molecule has 2 nitrogen and oxygen atoms in total. The van der Waals surface area contributed by atoms with Gasteiger partial charge >= 0.3 is 0 Å². The Balaban J connectivity index is 3.46. The van der Waals surface area contributed by atoms with Crippen molar-refractivity contribution in [2.24, 2.45) is 0 Å². The number of nitrogens with two attached hydrogens (primary N) is 2. The highest BCUT2D eigenvalue weighted by molar-refractivity contribution is 6.46. The minimum Gasteiger partial charge on any atom is -0.397 e. The van der Waals surface area contributed by atoms with E-state index >= 15 is 0 Å². The number of halogens is 3. The highest BCUT2D eigenvalue weighted by Gasteiger charge is 2.09. The van der Waals surface area contributed by atoms with Gasteiger partial charge in [-0.1, -0.05) is 34.8 Å². The molecule has 0 atom stereocenters. The summed E-state index contributed by atoms with van der Waals surface area (Å²) in [6, 6.07) is 1.46. The molecule has 0 fully saturated rings. The molecule has 4 N–H and O–H groups in total. The van der Waals surface area contributed by atoms with Crippen LogP contribution in [-0.4, -0.2) is 0 Å². The van der Waals surface area contributed by atoms with E-state index in [1.54, 1.807) is 0 Å². The summed E-state index contributed by atoms with van der Waals surface area (Å²) in [5.74, 6) is 0. The largest absolute Gasteiger partial charge is 0.397 e. The molecule has 0 saturated carbocycles. The molecule has 1 aromatic rings. The fraction of sp³-hybridized carbons (Fsp3) is 0.